The van der Waals surface area contributed by atoms with Gasteiger partial charge in [-0.15, -0.1) is 0 Å². The van der Waals surface area contributed by atoms with Crippen LogP contribution in [0, 0.1) is 11.8 Å². The Bertz CT molecular complexity index is 174. The van der Waals surface area contributed by atoms with Gasteiger partial charge in [-0.05, 0) is 77.2 Å². The maximum Gasteiger partial charge on any atom is -0.00161 e. The van der Waals surface area contributed by atoms with E-state index in [9.17, 15) is 0 Å². The summed E-state index contributed by atoms with van der Waals surface area (Å²) >= 11 is 0. The van der Waals surface area contributed by atoms with Gasteiger partial charge < -0.3 is 10.2 Å². The third-order valence-corrected chi connectivity index (χ3v) is 4.29. The molecule has 0 saturated carbocycles. The minimum absolute atomic E-state index is 0.949. The predicted octanol–water partition coefficient (Wildman–Crippen LogP) is 3.13. The van der Waals surface area contributed by atoms with Gasteiger partial charge >= 0.3 is 0 Å². The second-order valence-corrected chi connectivity index (χ2v) is 5.69. The third-order valence-electron chi connectivity index (χ3n) is 4.29. The van der Waals surface area contributed by atoms with Gasteiger partial charge in [0.2, 0.25) is 0 Å². The summed E-state index contributed by atoms with van der Waals surface area (Å²) in [7, 11) is 2.07. The minimum atomic E-state index is 0.949. The van der Waals surface area contributed by atoms with Crippen molar-refractivity contribution in [3.8, 4) is 0 Å². The highest BCUT2D eigenvalue weighted by molar-refractivity contribution is 4.74. The van der Waals surface area contributed by atoms with Crippen LogP contribution in [-0.2, 0) is 0 Å². The van der Waals surface area contributed by atoms with Crippen LogP contribution in [0.3, 0.4) is 0 Å². The van der Waals surface area contributed by atoms with Gasteiger partial charge in [-0.3, -0.25) is 0 Å². The molecule has 0 radical (unpaired) electrons. The van der Waals surface area contributed by atoms with Crippen molar-refractivity contribution in [1.29, 1.82) is 0 Å². The highest BCUT2D eigenvalue weighted by atomic mass is 15.1. The first-order chi connectivity index (χ1) is 8.30. The van der Waals surface area contributed by atoms with Crippen LogP contribution >= 0.6 is 0 Å². The molecule has 1 rings (SSSR count). The van der Waals surface area contributed by atoms with Gasteiger partial charge in [-0.25, -0.2) is 0 Å². The van der Waals surface area contributed by atoms with E-state index in [4.69, 9.17) is 0 Å². The molecule has 1 unspecified atom stereocenters. The molecule has 2 heteroatoms. The van der Waals surface area contributed by atoms with Gasteiger partial charge in [0.15, 0.2) is 0 Å². The lowest BCUT2D eigenvalue weighted by Gasteiger charge is -2.33. The molecule has 1 fully saturated rings. The van der Waals surface area contributed by atoms with E-state index >= 15 is 0 Å². The van der Waals surface area contributed by atoms with Crippen LogP contribution in [0.2, 0.25) is 0 Å². The van der Waals surface area contributed by atoms with Crippen molar-refractivity contribution >= 4 is 0 Å². The topological polar surface area (TPSA) is 15.3 Å². The molecule has 17 heavy (non-hydrogen) atoms. The molecule has 1 saturated heterocycles. The maximum atomic E-state index is 3.29. The lowest BCUT2D eigenvalue weighted by molar-refractivity contribution is 0.164. The Morgan fingerprint density at radius 3 is 2.47 bits per heavy atom. The van der Waals surface area contributed by atoms with Crippen molar-refractivity contribution in [3.05, 3.63) is 0 Å². The van der Waals surface area contributed by atoms with Crippen molar-refractivity contribution in [2.45, 2.75) is 52.4 Å². The molecular weight excluding hydrogens is 208 g/mol. The van der Waals surface area contributed by atoms with E-state index < -0.39 is 0 Å². The van der Waals surface area contributed by atoms with Crippen LogP contribution in [0.5, 0.6) is 0 Å². The summed E-state index contributed by atoms with van der Waals surface area (Å²) in [6.07, 6.45) is 8.38. The second-order valence-electron chi connectivity index (χ2n) is 5.69. The van der Waals surface area contributed by atoms with Crippen molar-refractivity contribution in [2.24, 2.45) is 11.8 Å². The zero-order valence-corrected chi connectivity index (χ0v) is 12.2. The second kappa shape index (κ2) is 8.93. The van der Waals surface area contributed by atoms with Crippen LogP contribution in [0.1, 0.15) is 52.4 Å². The molecule has 0 amide bonds. The summed E-state index contributed by atoms with van der Waals surface area (Å²) in [4.78, 5) is 2.64. The minimum Gasteiger partial charge on any atom is -0.320 e. The summed E-state index contributed by atoms with van der Waals surface area (Å²) in [5, 5.41) is 3.29. The van der Waals surface area contributed by atoms with Crippen LogP contribution in [0.4, 0.5) is 0 Å². The number of nitrogens with zero attached hydrogens (tertiary/aromatic N) is 1. The molecule has 0 aromatic rings. The lowest BCUT2D eigenvalue weighted by atomic mass is 9.84. The van der Waals surface area contributed by atoms with Gasteiger partial charge in [0.25, 0.3) is 0 Å². The van der Waals surface area contributed by atoms with Crippen LogP contribution in [0.25, 0.3) is 0 Å². The fourth-order valence-corrected chi connectivity index (χ4v) is 3.07. The molecule has 0 bridgehead atoms. The maximum absolute atomic E-state index is 3.29. The number of rotatable bonds is 8. The summed E-state index contributed by atoms with van der Waals surface area (Å²) < 4.78 is 0. The van der Waals surface area contributed by atoms with Crippen molar-refractivity contribution < 1.29 is 0 Å². The normalized spacial score (nSPS) is 20.6. The Morgan fingerprint density at radius 2 is 1.94 bits per heavy atom. The zero-order valence-electron chi connectivity index (χ0n) is 12.2. The Kier molecular flexibility index (Phi) is 7.87. The molecule has 1 N–H and O–H groups in total. The van der Waals surface area contributed by atoms with Gasteiger partial charge in [0, 0.05) is 0 Å². The van der Waals surface area contributed by atoms with Crippen molar-refractivity contribution in [2.75, 3.05) is 33.2 Å². The molecule has 0 aromatic carbocycles. The number of hydrogen-bond donors (Lipinski definition) is 1. The van der Waals surface area contributed by atoms with Gasteiger partial charge in [0.1, 0.15) is 0 Å². The SMILES string of the molecule is CCCN1CCC(CC(CC)CCNC)CC1. The molecule has 1 aliphatic heterocycles. The van der Waals surface area contributed by atoms with Gasteiger partial charge in [-0.1, -0.05) is 20.3 Å². The number of nitrogens with one attached hydrogen (secondary N) is 1. The molecule has 0 spiro atoms. The number of likely N-dealkylation sites (tertiary alicyclic amines) is 1. The van der Waals surface area contributed by atoms with Crippen LogP contribution in [-0.4, -0.2) is 38.1 Å². The van der Waals surface area contributed by atoms with Gasteiger partial charge in [0.05, 0.1) is 0 Å². The molecule has 0 aliphatic carbocycles. The van der Waals surface area contributed by atoms with Crippen molar-refractivity contribution in [1.82, 2.24) is 10.2 Å². The summed E-state index contributed by atoms with van der Waals surface area (Å²) in [6, 6.07) is 0. The van der Waals surface area contributed by atoms with E-state index in [1.54, 1.807) is 0 Å². The van der Waals surface area contributed by atoms with E-state index in [0.29, 0.717) is 0 Å². The predicted molar refractivity (Wildman–Crippen MR) is 76.4 cm³/mol. The lowest BCUT2D eigenvalue weighted by Crippen LogP contribution is -2.34. The van der Waals surface area contributed by atoms with Crippen molar-refractivity contribution in [3.63, 3.8) is 0 Å². The average Bonchev–Trinajstić information content (AvgIpc) is 2.37. The fourth-order valence-electron chi connectivity index (χ4n) is 3.07. The molecule has 1 aliphatic rings. The molecule has 1 atom stereocenters. The summed E-state index contributed by atoms with van der Waals surface area (Å²) in [6.45, 7) is 9.84. The number of piperidine rings is 1. The van der Waals surface area contributed by atoms with E-state index in [1.807, 2.05) is 0 Å². The first-order valence-electron chi connectivity index (χ1n) is 7.67. The Morgan fingerprint density at radius 1 is 1.24 bits per heavy atom. The number of hydrogen-bond acceptors (Lipinski definition) is 2. The molecule has 102 valence electrons. The Balaban J connectivity index is 2.19. The third kappa shape index (κ3) is 5.87. The van der Waals surface area contributed by atoms with E-state index in [0.717, 1.165) is 11.8 Å². The largest absolute Gasteiger partial charge is 0.320 e. The quantitative estimate of drug-likeness (QED) is 0.701. The highest BCUT2D eigenvalue weighted by Crippen LogP contribution is 2.27. The fraction of sp³-hybridized carbons (Fsp3) is 1.00. The first-order valence-corrected chi connectivity index (χ1v) is 7.67. The Hall–Kier alpha value is -0.0800. The van der Waals surface area contributed by atoms with E-state index in [1.165, 1.54) is 64.7 Å². The highest BCUT2D eigenvalue weighted by Gasteiger charge is 2.21. The molecule has 1 heterocycles. The summed E-state index contributed by atoms with van der Waals surface area (Å²) in [5.74, 6) is 1.95. The molecule has 2 nitrogen and oxygen atoms in total. The monoisotopic (exact) mass is 240 g/mol. The van der Waals surface area contributed by atoms with Crippen LogP contribution in [0.15, 0.2) is 0 Å². The smallest absolute Gasteiger partial charge is 0.00161 e. The standard InChI is InChI=1S/C15H32N2/c1-4-10-17-11-7-15(8-12-17)13-14(5-2)6-9-16-3/h14-16H,4-13H2,1-3H3. The van der Waals surface area contributed by atoms with Gasteiger partial charge in [-0.2, -0.15) is 0 Å². The zero-order chi connectivity index (χ0) is 12.5. The van der Waals surface area contributed by atoms with E-state index in [2.05, 4.69) is 31.1 Å². The van der Waals surface area contributed by atoms with E-state index in [-0.39, 0.29) is 0 Å². The molecule has 0 aromatic heterocycles. The summed E-state index contributed by atoms with van der Waals surface area (Å²) in [5.41, 5.74) is 0. The van der Waals surface area contributed by atoms with Crippen LogP contribution < -0.4 is 5.32 Å². The average molecular weight is 240 g/mol. The Labute approximate surface area is 108 Å². The first kappa shape index (κ1) is 15.0. The molecular formula is C15H32N2.